The van der Waals surface area contributed by atoms with Gasteiger partial charge in [-0.15, -0.1) is 5.92 Å². The molecule has 0 atom stereocenters. The summed E-state index contributed by atoms with van der Waals surface area (Å²) >= 11 is 0. The Labute approximate surface area is 102 Å². The van der Waals surface area contributed by atoms with Crippen LogP contribution in [0, 0.1) is 11.8 Å². The number of unbranched alkanes of at least 4 members (excludes halogenated alkanes) is 2. The maximum absolute atomic E-state index is 3.21. The standard InChI is InChI=1S/C16H26/c1-5-6-7-8-9-10-13-16(4)14-11-12-15(2)3/h12-13H,5-7,10-11,14H2,1-4H3/b16-13+. The zero-order valence-electron chi connectivity index (χ0n) is 11.4. The maximum atomic E-state index is 3.21. The van der Waals surface area contributed by atoms with Crippen molar-refractivity contribution in [3.8, 4) is 11.8 Å². The van der Waals surface area contributed by atoms with Crippen molar-refractivity contribution in [2.75, 3.05) is 0 Å². The fourth-order valence-electron chi connectivity index (χ4n) is 1.34. The minimum Gasteiger partial charge on any atom is -0.103 e. The van der Waals surface area contributed by atoms with Gasteiger partial charge in [-0.2, -0.15) is 0 Å². The van der Waals surface area contributed by atoms with Crippen molar-refractivity contribution in [2.45, 2.75) is 66.2 Å². The summed E-state index contributed by atoms with van der Waals surface area (Å²) in [7, 11) is 0. The number of rotatable bonds is 6. The first-order valence-corrected chi connectivity index (χ1v) is 6.41. The lowest BCUT2D eigenvalue weighted by molar-refractivity contribution is 0.827. The third kappa shape index (κ3) is 11.1. The van der Waals surface area contributed by atoms with Crippen LogP contribution >= 0.6 is 0 Å². The third-order valence-electron chi connectivity index (χ3n) is 2.42. The SMILES string of the molecule is CCCCC#CC/C=C(\C)CCC=C(C)C. The summed E-state index contributed by atoms with van der Waals surface area (Å²) in [6, 6.07) is 0. The van der Waals surface area contributed by atoms with Gasteiger partial charge in [0, 0.05) is 12.8 Å². The quantitative estimate of drug-likeness (QED) is 0.324. The molecule has 0 radical (unpaired) electrons. The fraction of sp³-hybridized carbons (Fsp3) is 0.625. The van der Waals surface area contributed by atoms with E-state index in [-0.39, 0.29) is 0 Å². The molecule has 0 amide bonds. The van der Waals surface area contributed by atoms with Crippen LogP contribution in [0.3, 0.4) is 0 Å². The first-order chi connectivity index (χ1) is 7.66. The first kappa shape index (κ1) is 15.0. The molecule has 0 bridgehead atoms. The van der Waals surface area contributed by atoms with Crippen LogP contribution in [0.25, 0.3) is 0 Å². The van der Waals surface area contributed by atoms with E-state index < -0.39 is 0 Å². The highest BCUT2D eigenvalue weighted by Crippen LogP contribution is 2.07. The van der Waals surface area contributed by atoms with Gasteiger partial charge in [0.25, 0.3) is 0 Å². The molecule has 0 saturated heterocycles. The molecule has 0 heterocycles. The van der Waals surface area contributed by atoms with Crippen molar-refractivity contribution in [1.82, 2.24) is 0 Å². The summed E-state index contributed by atoms with van der Waals surface area (Å²) in [5, 5.41) is 0. The predicted octanol–water partition coefficient (Wildman–Crippen LogP) is 5.26. The van der Waals surface area contributed by atoms with Gasteiger partial charge in [-0.25, -0.2) is 0 Å². The fourth-order valence-corrected chi connectivity index (χ4v) is 1.34. The van der Waals surface area contributed by atoms with Crippen molar-refractivity contribution in [1.29, 1.82) is 0 Å². The Hall–Kier alpha value is -0.960. The number of allylic oxidation sites excluding steroid dienone is 4. The summed E-state index contributed by atoms with van der Waals surface area (Å²) in [6.45, 7) is 8.71. The molecule has 0 aliphatic rings. The molecule has 0 spiro atoms. The van der Waals surface area contributed by atoms with E-state index in [4.69, 9.17) is 0 Å². The van der Waals surface area contributed by atoms with Crippen molar-refractivity contribution < 1.29 is 0 Å². The first-order valence-electron chi connectivity index (χ1n) is 6.41. The Bertz CT molecular complexity index is 277. The van der Waals surface area contributed by atoms with Gasteiger partial charge in [-0.05, 0) is 40.0 Å². The van der Waals surface area contributed by atoms with Crippen LogP contribution in [0.2, 0.25) is 0 Å². The van der Waals surface area contributed by atoms with Gasteiger partial charge < -0.3 is 0 Å². The van der Waals surface area contributed by atoms with Gasteiger partial charge in [0.15, 0.2) is 0 Å². The summed E-state index contributed by atoms with van der Waals surface area (Å²) in [4.78, 5) is 0. The van der Waals surface area contributed by atoms with Crippen LogP contribution in [-0.4, -0.2) is 0 Å². The minimum absolute atomic E-state index is 0.921. The Morgan fingerprint density at radius 1 is 1.06 bits per heavy atom. The lowest BCUT2D eigenvalue weighted by Crippen LogP contribution is -1.77. The van der Waals surface area contributed by atoms with Crippen molar-refractivity contribution in [2.24, 2.45) is 0 Å². The van der Waals surface area contributed by atoms with Gasteiger partial charge in [0.2, 0.25) is 0 Å². The molecule has 16 heavy (non-hydrogen) atoms. The summed E-state index contributed by atoms with van der Waals surface area (Å²) in [6.07, 6.45) is 11.3. The van der Waals surface area contributed by atoms with E-state index >= 15 is 0 Å². The van der Waals surface area contributed by atoms with E-state index in [0.29, 0.717) is 0 Å². The lowest BCUT2D eigenvalue weighted by Gasteiger charge is -1.96. The van der Waals surface area contributed by atoms with Crippen LogP contribution < -0.4 is 0 Å². The van der Waals surface area contributed by atoms with E-state index in [2.05, 4.69) is 51.7 Å². The van der Waals surface area contributed by atoms with Crippen molar-refractivity contribution >= 4 is 0 Å². The topological polar surface area (TPSA) is 0 Å². The van der Waals surface area contributed by atoms with Crippen LogP contribution in [0.15, 0.2) is 23.3 Å². The summed E-state index contributed by atoms with van der Waals surface area (Å²) in [5.41, 5.74) is 2.87. The molecule has 0 N–H and O–H groups in total. The van der Waals surface area contributed by atoms with Gasteiger partial charge in [-0.1, -0.05) is 42.6 Å². The van der Waals surface area contributed by atoms with Gasteiger partial charge in [0.1, 0.15) is 0 Å². The molecular formula is C16H26. The molecule has 0 aromatic rings. The molecule has 90 valence electrons. The molecular weight excluding hydrogens is 192 g/mol. The molecule has 0 aromatic heterocycles. The van der Waals surface area contributed by atoms with Gasteiger partial charge in [0.05, 0.1) is 0 Å². The molecule has 0 fully saturated rings. The van der Waals surface area contributed by atoms with E-state index in [1.54, 1.807) is 0 Å². The van der Waals surface area contributed by atoms with Crippen molar-refractivity contribution in [3.63, 3.8) is 0 Å². The second-order valence-electron chi connectivity index (χ2n) is 4.53. The Kier molecular flexibility index (Phi) is 9.92. The normalized spacial score (nSPS) is 10.6. The number of hydrogen-bond donors (Lipinski definition) is 0. The minimum atomic E-state index is 0.921. The zero-order valence-corrected chi connectivity index (χ0v) is 11.4. The molecule has 0 nitrogen and oxygen atoms in total. The van der Waals surface area contributed by atoms with Crippen molar-refractivity contribution in [3.05, 3.63) is 23.3 Å². The molecule has 0 unspecified atom stereocenters. The molecule has 0 heteroatoms. The van der Waals surface area contributed by atoms with Gasteiger partial charge >= 0.3 is 0 Å². The molecule has 0 rings (SSSR count). The van der Waals surface area contributed by atoms with Crippen LogP contribution in [0.4, 0.5) is 0 Å². The second-order valence-corrected chi connectivity index (χ2v) is 4.53. The monoisotopic (exact) mass is 218 g/mol. The number of hydrogen-bond acceptors (Lipinski definition) is 0. The van der Waals surface area contributed by atoms with Crippen LogP contribution in [0.1, 0.15) is 66.2 Å². The highest BCUT2D eigenvalue weighted by molar-refractivity contribution is 5.09. The second kappa shape index (κ2) is 10.6. The van der Waals surface area contributed by atoms with Crippen LogP contribution in [-0.2, 0) is 0 Å². The Morgan fingerprint density at radius 2 is 1.81 bits per heavy atom. The van der Waals surface area contributed by atoms with E-state index in [9.17, 15) is 0 Å². The maximum Gasteiger partial charge on any atom is 0.0272 e. The summed E-state index contributed by atoms with van der Waals surface area (Å²) in [5.74, 6) is 6.42. The largest absolute Gasteiger partial charge is 0.103 e. The molecule has 0 aromatic carbocycles. The Balaban J connectivity index is 3.68. The highest BCUT2D eigenvalue weighted by Gasteiger charge is 1.87. The Morgan fingerprint density at radius 3 is 2.44 bits per heavy atom. The molecule has 0 aliphatic carbocycles. The molecule has 0 aliphatic heterocycles. The lowest BCUT2D eigenvalue weighted by atomic mass is 10.1. The zero-order chi connectivity index (χ0) is 12.2. The average molecular weight is 218 g/mol. The smallest absolute Gasteiger partial charge is 0.0272 e. The molecule has 0 saturated carbocycles. The van der Waals surface area contributed by atoms with E-state index in [1.807, 2.05) is 0 Å². The van der Waals surface area contributed by atoms with E-state index in [0.717, 1.165) is 19.3 Å². The third-order valence-corrected chi connectivity index (χ3v) is 2.42. The van der Waals surface area contributed by atoms with Gasteiger partial charge in [-0.3, -0.25) is 0 Å². The predicted molar refractivity (Wildman–Crippen MR) is 74.3 cm³/mol. The van der Waals surface area contributed by atoms with Crippen LogP contribution in [0.5, 0.6) is 0 Å². The summed E-state index contributed by atoms with van der Waals surface area (Å²) < 4.78 is 0. The average Bonchev–Trinajstić information content (AvgIpc) is 2.22. The highest BCUT2D eigenvalue weighted by atomic mass is 13.9. The van der Waals surface area contributed by atoms with E-state index in [1.165, 1.54) is 30.4 Å².